The van der Waals surface area contributed by atoms with Gasteiger partial charge >= 0.3 is 5.97 Å². The lowest BCUT2D eigenvalue weighted by molar-refractivity contribution is -0.178. The molecule has 1 spiro atoms. The third kappa shape index (κ3) is 6.84. The SMILES string of the molecule is CC.COC1CN(c2cccc(C(=O)O)c2)C1.COc1cc(C)c2[nH]ccc2c1CN1CCC2(CC1)CC(F)(F)C2. The molecule has 1 aliphatic carbocycles. The molecule has 3 aromatic rings. The highest BCUT2D eigenvalue weighted by Gasteiger charge is 2.56. The summed E-state index contributed by atoms with van der Waals surface area (Å²) in [5, 5.41) is 10.0. The van der Waals surface area contributed by atoms with Gasteiger partial charge in [0.1, 0.15) is 5.75 Å². The number of methoxy groups -OCH3 is 2. The van der Waals surface area contributed by atoms with Crippen LogP contribution in [0.5, 0.6) is 5.75 Å². The topological polar surface area (TPSA) is 78.0 Å². The largest absolute Gasteiger partial charge is 0.496 e. The number of alkyl halides is 2. The Bertz CT molecular complexity index is 1320. The molecule has 2 aliphatic heterocycles. The number of aromatic amines is 1. The molecule has 3 fully saturated rings. The van der Waals surface area contributed by atoms with Crippen LogP contribution in [0.3, 0.4) is 0 Å². The van der Waals surface area contributed by atoms with Crippen LogP contribution < -0.4 is 9.64 Å². The molecular formula is C32H43F2N3O4. The number of piperidine rings is 1. The van der Waals surface area contributed by atoms with Crippen molar-refractivity contribution in [1.82, 2.24) is 9.88 Å². The number of aromatic nitrogens is 1. The lowest BCUT2D eigenvalue weighted by Crippen LogP contribution is -2.52. The second kappa shape index (κ2) is 12.8. The second-order valence-electron chi connectivity index (χ2n) is 11.2. The lowest BCUT2D eigenvalue weighted by atomic mass is 9.61. The number of H-pyrrole nitrogens is 1. The van der Waals surface area contributed by atoms with Crippen molar-refractivity contribution in [3.05, 3.63) is 59.3 Å². The Kier molecular flexibility index (Phi) is 9.59. The number of carboxylic acids is 1. The number of ether oxygens (including phenoxy) is 2. The Hall–Kier alpha value is -3.17. The van der Waals surface area contributed by atoms with E-state index < -0.39 is 11.9 Å². The fourth-order valence-corrected chi connectivity index (χ4v) is 6.22. The first-order chi connectivity index (χ1) is 19.6. The standard InChI is InChI=1S/C19H24F2N2O.C11H13NO3.C2H6/c1-13-9-16(24-2)15(14-3-6-22-17(13)14)10-23-7-4-18(5-8-23)11-19(20,21)12-18;1-15-10-6-12(7-10)9-4-2-3-8(5-9)11(13)14;1-2/h3,6,9,22H,4-5,7-8,10-12H2,1-2H3;2-5,10H,6-7H2,1H3,(H,13,14);1-2H3. The molecule has 0 radical (unpaired) electrons. The zero-order chi connectivity index (χ0) is 29.8. The van der Waals surface area contributed by atoms with E-state index in [-0.39, 0.29) is 24.4 Å². The Balaban J connectivity index is 0.000000196. The van der Waals surface area contributed by atoms with Gasteiger partial charge in [-0.05, 0) is 74.2 Å². The highest BCUT2D eigenvalue weighted by Crippen LogP contribution is 2.57. The second-order valence-corrected chi connectivity index (χ2v) is 11.2. The van der Waals surface area contributed by atoms with E-state index in [2.05, 4.69) is 33.8 Å². The minimum Gasteiger partial charge on any atom is -0.496 e. The summed E-state index contributed by atoms with van der Waals surface area (Å²) in [6, 6.07) is 11.1. The van der Waals surface area contributed by atoms with E-state index in [1.807, 2.05) is 26.1 Å². The monoisotopic (exact) mass is 571 g/mol. The van der Waals surface area contributed by atoms with Gasteiger partial charge in [-0.25, -0.2) is 13.6 Å². The first-order valence-electron chi connectivity index (χ1n) is 14.5. The van der Waals surface area contributed by atoms with Gasteiger partial charge in [0.25, 0.3) is 0 Å². The number of nitrogens with one attached hydrogen (secondary N) is 1. The van der Waals surface area contributed by atoms with Gasteiger partial charge in [0, 0.05) is 67.9 Å². The minimum absolute atomic E-state index is 0.0871. The molecule has 224 valence electrons. The number of nitrogens with zero attached hydrogens (tertiary/aromatic N) is 2. The highest BCUT2D eigenvalue weighted by atomic mass is 19.3. The molecule has 41 heavy (non-hydrogen) atoms. The van der Waals surface area contributed by atoms with E-state index in [0.717, 1.165) is 62.5 Å². The molecule has 1 aromatic heterocycles. The van der Waals surface area contributed by atoms with E-state index in [1.54, 1.807) is 32.4 Å². The van der Waals surface area contributed by atoms with E-state index >= 15 is 0 Å². The summed E-state index contributed by atoms with van der Waals surface area (Å²) < 4.78 is 37.3. The maximum Gasteiger partial charge on any atom is 0.335 e. The van der Waals surface area contributed by atoms with Gasteiger partial charge in [0.15, 0.2) is 0 Å². The number of halogens is 2. The van der Waals surface area contributed by atoms with Gasteiger partial charge in [-0.3, -0.25) is 4.90 Å². The smallest absolute Gasteiger partial charge is 0.335 e. The summed E-state index contributed by atoms with van der Waals surface area (Å²) in [5.41, 5.74) is 4.69. The Morgan fingerprint density at radius 1 is 1.10 bits per heavy atom. The number of hydrogen-bond acceptors (Lipinski definition) is 5. The minimum atomic E-state index is -2.42. The van der Waals surface area contributed by atoms with Crippen LogP contribution in [-0.4, -0.2) is 73.4 Å². The molecule has 0 atom stereocenters. The van der Waals surface area contributed by atoms with E-state index in [1.165, 1.54) is 16.5 Å². The van der Waals surface area contributed by atoms with Crippen molar-refractivity contribution in [2.24, 2.45) is 5.41 Å². The maximum atomic E-state index is 13.3. The van der Waals surface area contributed by atoms with Crippen LogP contribution in [0.15, 0.2) is 42.6 Å². The van der Waals surface area contributed by atoms with Gasteiger partial charge in [-0.15, -0.1) is 0 Å². The number of benzene rings is 2. The van der Waals surface area contributed by atoms with Crippen molar-refractivity contribution in [2.45, 2.75) is 65.0 Å². The number of hydrogen-bond donors (Lipinski definition) is 2. The molecule has 2 aromatic carbocycles. The number of rotatable bonds is 6. The number of carbonyl (C=O) groups is 1. The summed E-state index contributed by atoms with van der Waals surface area (Å²) in [6.07, 6.45) is 4.18. The maximum absolute atomic E-state index is 13.3. The van der Waals surface area contributed by atoms with Crippen LogP contribution in [-0.2, 0) is 11.3 Å². The van der Waals surface area contributed by atoms with Crippen molar-refractivity contribution < 1.29 is 28.2 Å². The molecule has 2 N–H and O–H groups in total. The van der Waals surface area contributed by atoms with E-state index in [0.29, 0.717) is 5.56 Å². The van der Waals surface area contributed by atoms with Crippen LogP contribution in [0, 0.1) is 12.3 Å². The highest BCUT2D eigenvalue weighted by molar-refractivity contribution is 5.89. The predicted octanol–water partition coefficient (Wildman–Crippen LogP) is 6.74. The lowest BCUT2D eigenvalue weighted by Gasteiger charge is -2.51. The average Bonchev–Trinajstić information content (AvgIpc) is 3.42. The van der Waals surface area contributed by atoms with E-state index in [9.17, 15) is 13.6 Å². The van der Waals surface area contributed by atoms with Crippen molar-refractivity contribution in [3.8, 4) is 5.75 Å². The Morgan fingerprint density at radius 3 is 2.37 bits per heavy atom. The van der Waals surface area contributed by atoms with Crippen molar-refractivity contribution in [2.75, 3.05) is 45.3 Å². The Labute approximate surface area is 241 Å². The summed E-state index contributed by atoms with van der Waals surface area (Å²) in [5.74, 6) is -2.39. The summed E-state index contributed by atoms with van der Waals surface area (Å²) in [6.45, 7) is 10.3. The van der Waals surface area contributed by atoms with Crippen LogP contribution in [0.25, 0.3) is 10.9 Å². The number of aryl methyl sites for hydroxylation is 1. The quantitative estimate of drug-likeness (QED) is 0.341. The first kappa shape index (κ1) is 30.8. The van der Waals surface area contributed by atoms with Crippen molar-refractivity contribution >= 4 is 22.6 Å². The molecule has 1 saturated carbocycles. The molecule has 0 amide bonds. The third-order valence-electron chi connectivity index (χ3n) is 8.54. The predicted molar refractivity (Wildman–Crippen MR) is 158 cm³/mol. The summed E-state index contributed by atoms with van der Waals surface area (Å²) >= 11 is 0. The van der Waals surface area contributed by atoms with Gasteiger partial charge in [0.2, 0.25) is 5.92 Å². The van der Waals surface area contributed by atoms with Crippen molar-refractivity contribution in [1.29, 1.82) is 0 Å². The number of aromatic carboxylic acids is 1. The average molecular weight is 572 g/mol. The van der Waals surface area contributed by atoms with Gasteiger partial charge in [-0.1, -0.05) is 19.9 Å². The number of likely N-dealkylation sites (tertiary alicyclic amines) is 1. The molecular weight excluding hydrogens is 528 g/mol. The number of anilines is 1. The summed E-state index contributed by atoms with van der Waals surface area (Å²) in [7, 11) is 3.40. The van der Waals surface area contributed by atoms with Gasteiger partial charge in [0.05, 0.1) is 18.8 Å². The molecule has 2 saturated heterocycles. The molecule has 0 bridgehead atoms. The van der Waals surface area contributed by atoms with Gasteiger partial charge in [-0.2, -0.15) is 0 Å². The fourth-order valence-electron chi connectivity index (χ4n) is 6.22. The molecule has 9 heteroatoms. The zero-order valence-electron chi connectivity index (χ0n) is 24.8. The van der Waals surface area contributed by atoms with Crippen molar-refractivity contribution in [3.63, 3.8) is 0 Å². The van der Waals surface area contributed by atoms with Crippen LogP contribution in [0.2, 0.25) is 0 Å². The van der Waals surface area contributed by atoms with Crippen LogP contribution in [0.4, 0.5) is 14.5 Å². The van der Waals surface area contributed by atoms with Gasteiger partial charge < -0.3 is 24.5 Å². The Morgan fingerprint density at radius 2 is 1.78 bits per heavy atom. The zero-order valence-corrected chi connectivity index (χ0v) is 24.8. The number of fused-ring (bicyclic) bond motifs is 1. The summed E-state index contributed by atoms with van der Waals surface area (Å²) in [4.78, 5) is 18.5. The molecule has 3 heterocycles. The molecule has 0 unspecified atom stereocenters. The fraction of sp³-hybridized carbons (Fsp3) is 0.531. The first-order valence-corrected chi connectivity index (χ1v) is 14.5. The van der Waals surface area contributed by atoms with Crippen LogP contribution >= 0.6 is 0 Å². The third-order valence-corrected chi connectivity index (χ3v) is 8.54. The van der Waals surface area contributed by atoms with Crippen LogP contribution in [0.1, 0.15) is 61.0 Å². The molecule has 6 rings (SSSR count). The normalized spacial score (nSPS) is 19.3. The molecule has 7 nitrogen and oxygen atoms in total. The van der Waals surface area contributed by atoms with E-state index in [4.69, 9.17) is 14.6 Å². The molecule has 3 aliphatic rings. The number of carboxylic acid groups (broad SMARTS) is 1.